The molecule has 1 aromatic heterocycles. The molecule has 2 aromatic rings. The van der Waals surface area contributed by atoms with E-state index in [1.54, 1.807) is 7.11 Å². The van der Waals surface area contributed by atoms with Gasteiger partial charge in [-0.05, 0) is 69.0 Å². The second-order valence-corrected chi connectivity index (χ2v) is 7.56. The maximum absolute atomic E-state index is 5.31. The second-order valence-electron chi connectivity index (χ2n) is 7.56. The van der Waals surface area contributed by atoms with Crippen LogP contribution in [0.3, 0.4) is 0 Å². The maximum atomic E-state index is 5.31. The van der Waals surface area contributed by atoms with Crippen molar-refractivity contribution in [3.05, 3.63) is 47.9 Å². The number of anilines is 1. The minimum atomic E-state index is 0.423. The zero-order valence-electron chi connectivity index (χ0n) is 15.7. The fourth-order valence-corrected chi connectivity index (χ4v) is 4.05. The average molecular weight is 352 g/mol. The number of hydrogen-bond donors (Lipinski definition) is 1. The average Bonchev–Trinajstić information content (AvgIpc) is 3.52. The Morgan fingerprint density at radius 3 is 2.69 bits per heavy atom. The van der Waals surface area contributed by atoms with Crippen molar-refractivity contribution >= 4 is 5.82 Å². The summed E-state index contributed by atoms with van der Waals surface area (Å²) in [4.78, 5) is 11.6. The van der Waals surface area contributed by atoms with E-state index < -0.39 is 0 Å². The number of nitrogens with one attached hydrogen (secondary N) is 1. The van der Waals surface area contributed by atoms with Crippen LogP contribution in [0.2, 0.25) is 0 Å². The Bertz CT molecular complexity index is 729. The van der Waals surface area contributed by atoms with Crippen molar-refractivity contribution in [1.82, 2.24) is 14.9 Å². The van der Waals surface area contributed by atoms with Crippen LogP contribution < -0.4 is 10.1 Å². The number of likely N-dealkylation sites (tertiary alicyclic amines) is 1. The summed E-state index contributed by atoms with van der Waals surface area (Å²) in [6.45, 7) is 2.08. The molecule has 5 heteroatoms. The maximum Gasteiger partial charge on any atom is 0.133 e. The molecule has 4 rings (SSSR count). The first kappa shape index (κ1) is 17.3. The molecule has 2 unspecified atom stereocenters. The molecule has 1 N–H and O–H groups in total. The van der Waals surface area contributed by atoms with Gasteiger partial charge in [-0.15, -0.1) is 0 Å². The molecular formula is C21H28N4O. The Hall–Kier alpha value is -2.14. The molecule has 0 spiro atoms. The van der Waals surface area contributed by atoms with Gasteiger partial charge in [0, 0.05) is 24.7 Å². The van der Waals surface area contributed by atoms with Crippen LogP contribution in [0.15, 0.2) is 36.5 Å². The van der Waals surface area contributed by atoms with Crippen molar-refractivity contribution in [2.24, 2.45) is 5.92 Å². The topological polar surface area (TPSA) is 50.3 Å². The summed E-state index contributed by atoms with van der Waals surface area (Å²) < 4.78 is 5.31. The minimum Gasteiger partial charge on any atom is -0.497 e. The van der Waals surface area contributed by atoms with Gasteiger partial charge in [0.05, 0.1) is 7.11 Å². The highest BCUT2D eigenvalue weighted by molar-refractivity contribution is 5.35. The van der Waals surface area contributed by atoms with Crippen molar-refractivity contribution in [1.29, 1.82) is 0 Å². The number of ether oxygens (including phenoxy) is 1. The van der Waals surface area contributed by atoms with E-state index >= 15 is 0 Å². The lowest BCUT2D eigenvalue weighted by Gasteiger charge is -2.39. The van der Waals surface area contributed by atoms with Crippen LogP contribution >= 0.6 is 0 Å². The molecule has 0 bridgehead atoms. The SMILES string of the molecule is COc1ccc(C2C(CNc3ccnc(C4CC4)n3)CCCN2C)cc1. The van der Waals surface area contributed by atoms with Crippen LogP contribution in [0.5, 0.6) is 5.75 Å². The lowest BCUT2D eigenvalue weighted by Crippen LogP contribution is -2.39. The van der Waals surface area contributed by atoms with Gasteiger partial charge in [0.25, 0.3) is 0 Å². The molecule has 1 saturated heterocycles. The number of rotatable bonds is 6. The highest BCUT2D eigenvalue weighted by atomic mass is 16.5. The summed E-state index contributed by atoms with van der Waals surface area (Å²) in [5.74, 6) is 4.02. The predicted octanol–water partition coefficient (Wildman–Crippen LogP) is 3.86. The molecule has 2 fully saturated rings. The summed E-state index contributed by atoms with van der Waals surface area (Å²) >= 11 is 0. The van der Waals surface area contributed by atoms with E-state index in [0.717, 1.165) is 30.5 Å². The Morgan fingerprint density at radius 1 is 1.15 bits per heavy atom. The van der Waals surface area contributed by atoms with E-state index in [1.165, 1.54) is 31.2 Å². The summed E-state index contributed by atoms with van der Waals surface area (Å²) in [5, 5.41) is 3.58. The Morgan fingerprint density at radius 2 is 1.96 bits per heavy atom. The van der Waals surface area contributed by atoms with E-state index in [4.69, 9.17) is 9.72 Å². The molecule has 1 aromatic carbocycles. The quantitative estimate of drug-likeness (QED) is 0.855. The highest BCUT2D eigenvalue weighted by Crippen LogP contribution is 2.38. The minimum absolute atomic E-state index is 0.423. The first-order valence-corrected chi connectivity index (χ1v) is 9.65. The van der Waals surface area contributed by atoms with Crippen LogP contribution in [-0.2, 0) is 0 Å². The summed E-state index contributed by atoms with van der Waals surface area (Å²) in [6.07, 6.45) is 6.82. The molecule has 2 aliphatic rings. The third-order valence-electron chi connectivity index (χ3n) is 5.63. The van der Waals surface area contributed by atoms with E-state index in [0.29, 0.717) is 17.9 Å². The van der Waals surface area contributed by atoms with E-state index in [2.05, 4.69) is 46.5 Å². The van der Waals surface area contributed by atoms with E-state index in [1.807, 2.05) is 12.3 Å². The number of benzene rings is 1. The first-order chi connectivity index (χ1) is 12.7. The second kappa shape index (κ2) is 7.62. The molecule has 138 valence electrons. The van der Waals surface area contributed by atoms with Crippen molar-refractivity contribution in [2.45, 2.75) is 37.6 Å². The molecule has 1 saturated carbocycles. The molecule has 2 heterocycles. The van der Waals surface area contributed by atoms with Crippen molar-refractivity contribution < 1.29 is 4.74 Å². The van der Waals surface area contributed by atoms with Crippen LogP contribution in [0.4, 0.5) is 5.82 Å². The normalized spacial score (nSPS) is 23.6. The monoisotopic (exact) mass is 352 g/mol. The third kappa shape index (κ3) is 3.83. The number of aromatic nitrogens is 2. The Balaban J connectivity index is 1.46. The number of nitrogens with zero attached hydrogens (tertiary/aromatic N) is 3. The van der Waals surface area contributed by atoms with Gasteiger partial charge in [-0.2, -0.15) is 0 Å². The fraction of sp³-hybridized carbons (Fsp3) is 0.524. The van der Waals surface area contributed by atoms with Gasteiger partial charge < -0.3 is 10.1 Å². The van der Waals surface area contributed by atoms with Crippen LogP contribution in [0, 0.1) is 5.92 Å². The highest BCUT2D eigenvalue weighted by Gasteiger charge is 2.31. The number of methoxy groups -OCH3 is 1. The van der Waals surface area contributed by atoms with Gasteiger partial charge >= 0.3 is 0 Å². The largest absolute Gasteiger partial charge is 0.497 e. The lowest BCUT2D eigenvalue weighted by molar-refractivity contribution is 0.128. The molecule has 0 radical (unpaired) electrons. The van der Waals surface area contributed by atoms with Crippen LogP contribution in [0.1, 0.15) is 49.0 Å². The summed E-state index contributed by atoms with van der Waals surface area (Å²) in [7, 11) is 3.95. The summed E-state index contributed by atoms with van der Waals surface area (Å²) in [6, 6.07) is 10.9. The van der Waals surface area contributed by atoms with Gasteiger partial charge in [0.2, 0.25) is 0 Å². The fourth-order valence-electron chi connectivity index (χ4n) is 4.05. The van der Waals surface area contributed by atoms with Crippen molar-refractivity contribution in [3.8, 4) is 5.75 Å². The zero-order valence-corrected chi connectivity index (χ0v) is 15.7. The smallest absolute Gasteiger partial charge is 0.133 e. The third-order valence-corrected chi connectivity index (χ3v) is 5.63. The predicted molar refractivity (Wildman–Crippen MR) is 104 cm³/mol. The van der Waals surface area contributed by atoms with Gasteiger partial charge in [-0.25, -0.2) is 9.97 Å². The van der Waals surface area contributed by atoms with Crippen molar-refractivity contribution in [2.75, 3.05) is 32.6 Å². The van der Waals surface area contributed by atoms with Gasteiger partial charge in [-0.1, -0.05) is 12.1 Å². The van der Waals surface area contributed by atoms with E-state index in [-0.39, 0.29) is 0 Å². The molecule has 5 nitrogen and oxygen atoms in total. The standard InChI is InChI=1S/C21H28N4O/c1-25-13-3-4-17(20(25)15-7-9-18(26-2)10-8-15)14-23-19-11-12-22-21(24-19)16-5-6-16/h7-12,16-17,20H,3-6,13-14H2,1-2H3,(H,22,23,24). The number of hydrogen-bond acceptors (Lipinski definition) is 5. The molecule has 1 aliphatic heterocycles. The Kier molecular flexibility index (Phi) is 5.07. The summed E-state index contributed by atoms with van der Waals surface area (Å²) in [5.41, 5.74) is 1.36. The molecular weight excluding hydrogens is 324 g/mol. The molecule has 26 heavy (non-hydrogen) atoms. The van der Waals surface area contributed by atoms with Crippen LogP contribution in [-0.4, -0.2) is 42.1 Å². The van der Waals surface area contributed by atoms with Gasteiger partial charge in [0.15, 0.2) is 0 Å². The molecule has 2 atom stereocenters. The van der Waals surface area contributed by atoms with Crippen molar-refractivity contribution in [3.63, 3.8) is 0 Å². The molecule has 1 aliphatic carbocycles. The van der Waals surface area contributed by atoms with Crippen LogP contribution in [0.25, 0.3) is 0 Å². The van der Waals surface area contributed by atoms with E-state index in [9.17, 15) is 0 Å². The Labute approximate surface area is 155 Å². The number of piperidine rings is 1. The van der Waals surface area contributed by atoms with Gasteiger partial charge in [0.1, 0.15) is 17.4 Å². The lowest BCUT2D eigenvalue weighted by atomic mass is 9.85. The zero-order chi connectivity index (χ0) is 17.9. The first-order valence-electron chi connectivity index (χ1n) is 9.65. The molecule has 0 amide bonds. The van der Waals surface area contributed by atoms with Gasteiger partial charge in [-0.3, -0.25) is 4.90 Å².